The van der Waals surface area contributed by atoms with Gasteiger partial charge in [-0.1, -0.05) is 17.7 Å². The fourth-order valence-electron chi connectivity index (χ4n) is 1.81. The van der Waals surface area contributed by atoms with E-state index in [2.05, 4.69) is 15.5 Å². The van der Waals surface area contributed by atoms with Crippen molar-refractivity contribution in [2.45, 2.75) is 31.9 Å². The molecule has 0 radical (unpaired) electrons. The zero-order valence-corrected chi connectivity index (χ0v) is 11.0. The summed E-state index contributed by atoms with van der Waals surface area (Å²) >= 11 is 6.07. The maximum atomic E-state index is 9.10. The van der Waals surface area contributed by atoms with Crippen molar-refractivity contribution in [1.82, 2.24) is 10.2 Å². The lowest BCUT2D eigenvalue weighted by Crippen LogP contribution is -2.01. The van der Waals surface area contributed by atoms with Gasteiger partial charge in [-0.15, -0.1) is 10.2 Å². The molecule has 1 aromatic heterocycles. The topological polar surface area (TPSA) is 71.2 Å². The van der Waals surface area contributed by atoms with Crippen LogP contribution >= 0.6 is 11.6 Å². The van der Waals surface area contributed by atoms with Crippen LogP contribution in [0, 0.1) is 0 Å². The van der Waals surface area contributed by atoms with Gasteiger partial charge in [0.05, 0.1) is 23.9 Å². The third-order valence-electron chi connectivity index (χ3n) is 3.05. The smallest absolute Gasteiger partial charge is 0.235 e. The van der Waals surface area contributed by atoms with Crippen molar-refractivity contribution in [3.8, 4) is 0 Å². The second-order valence-corrected chi connectivity index (χ2v) is 5.04. The third kappa shape index (κ3) is 2.88. The highest BCUT2D eigenvalue weighted by Gasteiger charge is 2.29. The van der Waals surface area contributed by atoms with E-state index in [0.29, 0.717) is 23.4 Å². The molecule has 2 aromatic rings. The van der Waals surface area contributed by atoms with Crippen molar-refractivity contribution < 1.29 is 9.52 Å². The summed E-state index contributed by atoms with van der Waals surface area (Å²) < 4.78 is 5.55. The van der Waals surface area contributed by atoms with Crippen LogP contribution < -0.4 is 5.32 Å². The summed E-state index contributed by atoms with van der Waals surface area (Å²) in [5.41, 5.74) is 1.55. The van der Waals surface area contributed by atoms with Crippen molar-refractivity contribution in [3.05, 3.63) is 40.6 Å². The Hall–Kier alpha value is -1.59. The fraction of sp³-hybridized carbons (Fsp3) is 0.385. The molecule has 1 aromatic carbocycles. The van der Waals surface area contributed by atoms with E-state index in [1.807, 2.05) is 0 Å². The van der Waals surface area contributed by atoms with Gasteiger partial charge in [0, 0.05) is 5.92 Å². The summed E-state index contributed by atoms with van der Waals surface area (Å²) in [6.07, 6.45) is 2.28. The quantitative estimate of drug-likeness (QED) is 0.880. The highest BCUT2D eigenvalue weighted by Crippen LogP contribution is 2.39. The Morgan fingerprint density at radius 1 is 1.37 bits per heavy atom. The molecule has 19 heavy (non-hydrogen) atoms. The molecule has 5 nitrogen and oxygen atoms in total. The Balaban J connectivity index is 1.67. The monoisotopic (exact) mass is 279 g/mol. The number of aromatic nitrogens is 2. The van der Waals surface area contributed by atoms with Crippen LogP contribution in [0.25, 0.3) is 0 Å². The van der Waals surface area contributed by atoms with Crippen LogP contribution in [-0.4, -0.2) is 15.3 Å². The molecule has 0 spiro atoms. The number of nitrogens with one attached hydrogen (secondary N) is 1. The van der Waals surface area contributed by atoms with Crippen LogP contribution in [0.3, 0.4) is 0 Å². The zero-order chi connectivity index (χ0) is 13.2. The Bertz CT molecular complexity index is 581. The van der Waals surface area contributed by atoms with Crippen molar-refractivity contribution in [1.29, 1.82) is 0 Å². The van der Waals surface area contributed by atoms with Crippen molar-refractivity contribution in [2.24, 2.45) is 0 Å². The van der Waals surface area contributed by atoms with Gasteiger partial charge in [-0.05, 0) is 30.5 Å². The summed E-state index contributed by atoms with van der Waals surface area (Å²) in [6, 6.07) is 5.34. The van der Waals surface area contributed by atoms with Gasteiger partial charge in [-0.25, -0.2) is 0 Å². The second-order valence-electron chi connectivity index (χ2n) is 4.63. The maximum Gasteiger partial charge on any atom is 0.235 e. The minimum Gasteiger partial charge on any atom is -0.423 e. The van der Waals surface area contributed by atoms with Crippen molar-refractivity contribution >= 4 is 17.3 Å². The first-order chi connectivity index (χ1) is 9.26. The SMILES string of the molecule is OCc1ccc(Cl)c(NCc2nnc(C3CC3)o2)c1. The van der Waals surface area contributed by atoms with E-state index in [0.717, 1.165) is 30.0 Å². The van der Waals surface area contributed by atoms with E-state index in [1.165, 1.54) is 0 Å². The van der Waals surface area contributed by atoms with E-state index in [9.17, 15) is 0 Å². The van der Waals surface area contributed by atoms with Gasteiger partial charge in [0.15, 0.2) is 0 Å². The van der Waals surface area contributed by atoms with Crippen LogP contribution in [0.5, 0.6) is 0 Å². The molecule has 0 amide bonds. The van der Waals surface area contributed by atoms with E-state index < -0.39 is 0 Å². The van der Waals surface area contributed by atoms with Crippen LogP contribution in [0.1, 0.15) is 36.1 Å². The molecule has 1 aliphatic rings. The molecular formula is C13H14ClN3O2. The Labute approximate surface area is 115 Å². The summed E-state index contributed by atoms with van der Waals surface area (Å²) in [5.74, 6) is 1.74. The Morgan fingerprint density at radius 2 is 2.21 bits per heavy atom. The number of benzene rings is 1. The zero-order valence-electron chi connectivity index (χ0n) is 10.3. The van der Waals surface area contributed by atoms with Gasteiger partial charge in [0.2, 0.25) is 11.8 Å². The number of aliphatic hydroxyl groups is 1. The van der Waals surface area contributed by atoms with Gasteiger partial charge in [-0.3, -0.25) is 0 Å². The predicted octanol–water partition coefficient (Wildman–Crippen LogP) is 2.70. The Morgan fingerprint density at radius 3 is 2.95 bits per heavy atom. The molecule has 1 aliphatic carbocycles. The average molecular weight is 280 g/mol. The molecule has 100 valence electrons. The first kappa shape index (κ1) is 12.4. The summed E-state index contributed by atoms with van der Waals surface area (Å²) in [7, 11) is 0. The van der Waals surface area contributed by atoms with Gasteiger partial charge in [-0.2, -0.15) is 0 Å². The highest BCUT2D eigenvalue weighted by molar-refractivity contribution is 6.33. The van der Waals surface area contributed by atoms with Crippen molar-refractivity contribution in [2.75, 3.05) is 5.32 Å². The molecule has 0 bridgehead atoms. The normalized spacial score (nSPS) is 14.6. The molecule has 2 N–H and O–H groups in total. The minimum absolute atomic E-state index is 0.0156. The highest BCUT2D eigenvalue weighted by atomic mass is 35.5. The number of hydrogen-bond acceptors (Lipinski definition) is 5. The number of aliphatic hydroxyl groups excluding tert-OH is 1. The van der Waals surface area contributed by atoms with Crippen LogP contribution in [0.2, 0.25) is 5.02 Å². The molecular weight excluding hydrogens is 266 g/mol. The lowest BCUT2D eigenvalue weighted by molar-refractivity contribution is 0.282. The average Bonchev–Trinajstić information content (AvgIpc) is 3.17. The molecule has 3 rings (SSSR count). The number of anilines is 1. The molecule has 0 saturated heterocycles. The second kappa shape index (κ2) is 5.19. The lowest BCUT2D eigenvalue weighted by atomic mass is 10.2. The number of hydrogen-bond donors (Lipinski definition) is 2. The number of rotatable bonds is 5. The molecule has 1 saturated carbocycles. The van der Waals surface area contributed by atoms with Gasteiger partial charge in [0.25, 0.3) is 0 Å². The van der Waals surface area contributed by atoms with E-state index in [-0.39, 0.29) is 6.61 Å². The van der Waals surface area contributed by atoms with E-state index >= 15 is 0 Å². The van der Waals surface area contributed by atoms with Gasteiger partial charge in [0.1, 0.15) is 0 Å². The van der Waals surface area contributed by atoms with Gasteiger partial charge >= 0.3 is 0 Å². The maximum absolute atomic E-state index is 9.10. The fourth-order valence-corrected chi connectivity index (χ4v) is 1.99. The summed E-state index contributed by atoms with van der Waals surface area (Å²) in [5, 5.41) is 20.8. The minimum atomic E-state index is -0.0156. The molecule has 0 unspecified atom stereocenters. The number of nitrogens with zero attached hydrogens (tertiary/aromatic N) is 2. The summed E-state index contributed by atoms with van der Waals surface area (Å²) in [4.78, 5) is 0. The molecule has 1 heterocycles. The molecule has 6 heteroatoms. The predicted molar refractivity (Wildman–Crippen MR) is 71.0 cm³/mol. The molecule has 0 atom stereocenters. The van der Waals surface area contributed by atoms with Crippen molar-refractivity contribution in [3.63, 3.8) is 0 Å². The standard InChI is InChI=1S/C13H14ClN3O2/c14-10-4-1-8(7-18)5-11(10)15-6-12-16-17-13(19-12)9-2-3-9/h1,4-5,9,15,18H,2-3,6-7H2. The molecule has 0 aliphatic heterocycles. The lowest BCUT2D eigenvalue weighted by Gasteiger charge is -2.07. The largest absolute Gasteiger partial charge is 0.423 e. The first-order valence-electron chi connectivity index (χ1n) is 6.21. The van der Waals surface area contributed by atoms with Crippen LogP contribution in [-0.2, 0) is 13.2 Å². The van der Waals surface area contributed by atoms with Crippen LogP contribution in [0.4, 0.5) is 5.69 Å². The first-order valence-corrected chi connectivity index (χ1v) is 6.59. The van der Waals surface area contributed by atoms with Crippen LogP contribution in [0.15, 0.2) is 22.6 Å². The molecule has 1 fully saturated rings. The van der Waals surface area contributed by atoms with E-state index in [1.54, 1.807) is 18.2 Å². The van der Waals surface area contributed by atoms with Gasteiger partial charge < -0.3 is 14.8 Å². The number of halogens is 1. The third-order valence-corrected chi connectivity index (χ3v) is 3.38. The summed E-state index contributed by atoms with van der Waals surface area (Å²) in [6.45, 7) is 0.409. The van der Waals surface area contributed by atoms with E-state index in [4.69, 9.17) is 21.1 Å². The Kier molecular flexibility index (Phi) is 3.40.